The van der Waals surface area contributed by atoms with Crippen molar-refractivity contribution >= 4 is 39.6 Å². The molecule has 41 heavy (non-hydrogen) atoms. The highest BCUT2D eigenvalue weighted by molar-refractivity contribution is 9.10. The van der Waals surface area contributed by atoms with Gasteiger partial charge in [0.2, 0.25) is 0 Å². The van der Waals surface area contributed by atoms with Crippen LogP contribution >= 0.6 is 15.9 Å². The molecule has 0 aromatic heterocycles. The molecule has 5 atom stereocenters. The van der Waals surface area contributed by atoms with E-state index in [0.717, 1.165) is 15.6 Å². The molecule has 0 saturated carbocycles. The number of esters is 3. The lowest BCUT2D eigenvalue weighted by atomic mass is 9.95. The van der Waals surface area contributed by atoms with E-state index in [1.165, 1.54) is 20.8 Å². The second kappa shape index (κ2) is 16.4. The molecule has 0 spiro atoms. The number of carbonyl (C=O) groups is 4. The Morgan fingerprint density at radius 3 is 2.17 bits per heavy atom. The van der Waals surface area contributed by atoms with Crippen molar-refractivity contribution in [2.75, 3.05) is 13.2 Å². The highest BCUT2D eigenvalue weighted by Gasteiger charge is 2.49. The summed E-state index contributed by atoms with van der Waals surface area (Å²) in [5.74, 6) is -1.92. The van der Waals surface area contributed by atoms with Gasteiger partial charge in [-0.1, -0.05) is 58.4 Å². The zero-order valence-electron chi connectivity index (χ0n) is 23.3. The first-order valence-corrected chi connectivity index (χ1v) is 14.0. The summed E-state index contributed by atoms with van der Waals surface area (Å²) in [5, 5.41) is 0. The summed E-state index contributed by atoms with van der Waals surface area (Å²) in [6.45, 7) is 3.91. The molecule has 10 nitrogen and oxygen atoms in total. The Balaban J connectivity index is 1.92. The second-order valence-corrected chi connectivity index (χ2v) is 10.6. The van der Waals surface area contributed by atoms with E-state index in [1.54, 1.807) is 0 Å². The van der Waals surface area contributed by atoms with Crippen molar-refractivity contribution in [3.8, 4) is 0 Å². The Hall–Kier alpha value is -3.12. The number of hydrogen-bond acceptors (Lipinski definition) is 10. The number of rotatable bonds is 14. The zero-order valence-corrected chi connectivity index (χ0v) is 24.9. The summed E-state index contributed by atoms with van der Waals surface area (Å²) < 4.78 is 36.1. The van der Waals surface area contributed by atoms with Gasteiger partial charge in [-0.3, -0.25) is 14.4 Å². The summed E-state index contributed by atoms with van der Waals surface area (Å²) in [4.78, 5) is 47.9. The van der Waals surface area contributed by atoms with Crippen molar-refractivity contribution in [3.05, 3.63) is 70.2 Å². The zero-order chi connectivity index (χ0) is 29.8. The first-order chi connectivity index (χ1) is 19.6. The number of benzene rings is 2. The van der Waals surface area contributed by atoms with Crippen LogP contribution in [-0.4, -0.2) is 67.4 Å². The van der Waals surface area contributed by atoms with Crippen LogP contribution in [0.2, 0.25) is 0 Å². The maximum Gasteiger partial charge on any atom is 0.306 e. The predicted molar refractivity (Wildman–Crippen MR) is 149 cm³/mol. The SMILES string of the molecule is CC(=O)CCC(=O)O[C@H]1[C@H](OCc2ccc(Br)cc2)[C@@H]([C@@H](COC(C)=O)OCc2ccccc2)OC[C@H]1OC(C)=O. The fourth-order valence-corrected chi connectivity index (χ4v) is 4.50. The Bertz CT molecular complexity index is 1150. The van der Waals surface area contributed by atoms with Crippen LogP contribution in [0.15, 0.2) is 59.1 Å². The van der Waals surface area contributed by atoms with E-state index in [-0.39, 0.29) is 45.1 Å². The van der Waals surface area contributed by atoms with Gasteiger partial charge in [-0.15, -0.1) is 0 Å². The molecule has 1 heterocycles. The third-order valence-corrected chi connectivity index (χ3v) is 6.74. The van der Waals surface area contributed by atoms with Crippen molar-refractivity contribution in [1.82, 2.24) is 0 Å². The third kappa shape index (κ3) is 11.0. The van der Waals surface area contributed by atoms with Crippen LogP contribution in [0.25, 0.3) is 0 Å². The summed E-state index contributed by atoms with van der Waals surface area (Å²) in [6, 6.07) is 16.9. The van der Waals surface area contributed by atoms with E-state index in [0.29, 0.717) is 0 Å². The van der Waals surface area contributed by atoms with Gasteiger partial charge in [-0.05, 0) is 30.2 Å². The second-order valence-electron chi connectivity index (χ2n) is 9.64. The summed E-state index contributed by atoms with van der Waals surface area (Å²) in [6.07, 6.45) is -4.92. The highest BCUT2D eigenvalue weighted by Crippen LogP contribution is 2.29. The van der Waals surface area contributed by atoms with E-state index in [2.05, 4.69) is 15.9 Å². The number of Topliss-reactive ketones (excluding diaryl/α,β-unsaturated/α-hetero) is 1. The van der Waals surface area contributed by atoms with E-state index in [9.17, 15) is 19.2 Å². The van der Waals surface area contributed by atoms with Crippen LogP contribution in [0.1, 0.15) is 44.7 Å². The lowest BCUT2D eigenvalue weighted by Crippen LogP contribution is -2.61. The smallest absolute Gasteiger partial charge is 0.306 e. The van der Waals surface area contributed by atoms with Crippen LogP contribution in [0.5, 0.6) is 0 Å². The van der Waals surface area contributed by atoms with Crippen LogP contribution < -0.4 is 0 Å². The van der Waals surface area contributed by atoms with E-state index in [1.807, 2.05) is 54.6 Å². The van der Waals surface area contributed by atoms with Crippen LogP contribution in [0.4, 0.5) is 0 Å². The fraction of sp³-hybridized carbons (Fsp3) is 0.467. The summed E-state index contributed by atoms with van der Waals surface area (Å²) in [7, 11) is 0. The average molecular weight is 636 g/mol. The van der Waals surface area contributed by atoms with E-state index < -0.39 is 48.4 Å². The van der Waals surface area contributed by atoms with Crippen LogP contribution in [-0.2, 0) is 60.8 Å². The number of ether oxygens (including phenoxy) is 6. The van der Waals surface area contributed by atoms with Gasteiger partial charge in [-0.2, -0.15) is 0 Å². The van der Waals surface area contributed by atoms with Gasteiger partial charge in [0.15, 0.2) is 12.2 Å². The minimum Gasteiger partial charge on any atom is -0.463 e. The van der Waals surface area contributed by atoms with Gasteiger partial charge in [0, 0.05) is 24.7 Å². The molecule has 1 fully saturated rings. The van der Waals surface area contributed by atoms with Gasteiger partial charge in [-0.25, -0.2) is 0 Å². The maximum atomic E-state index is 12.8. The van der Waals surface area contributed by atoms with Gasteiger partial charge in [0.05, 0.1) is 26.2 Å². The molecule has 0 bridgehead atoms. The van der Waals surface area contributed by atoms with Crippen molar-refractivity contribution < 1.29 is 47.6 Å². The molecule has 3 rings (SSSR count). The Labute approximate surface area is 247 Å². The minimum absolute atomic E-state index is 0.00337. The molecule has 0 aliphatic carbocycles. The standard InChI is InChI=1S/C30H35BrO10/c1-19(32)9-14-27(35)41-29-26(40-21(3)34)18-39-28(30(29)38-16-23-10-12-24(31)13-11-23)25(17-36-20(2)33)37-15-22-7-5-4-6-8-22/h4-8,10-13,25-26,28-30H,9,14-18H2,1-3H3/t25-,26-,28-,29-,30-/m1/s1. The fourth-order valence-electron chi connectivity index (χ4n) is 4.24. The van der Waals surface area contributed by atoms with Gasteiger partial charge >= 0.3 is 17.9 Å². The predicted octanol–water partition coefficient (Wildman–Crippen LogP) is 4.09. The number of carbonyl (C=O) groups excluding carboxylic acids is 4. The molecule has 0 unspecified atom stereocenters. The average Bonchev–Trinajstić information content (AvgIpc) is 2.93. The van der Waals surface area contributed by atoms with Crippen LogP contribution in [0, 0.1) is 0 Å². The normalized spacial score (nSPS) is 21.0. The Kier molecular flexibility index (Phi) is 12.9. The topological polar surface area (TPSA) is 124 Å². The monoisotopic (exact) mass is 634 g/mol. The molecule has 2 aromatic carbocycles. The van der Waals surface area contributed by atoms with Gasteiger partial charge < -0.3 is 33.2 Å². The van der Waals surface area contributed by atoms with E-state index >= 15 is 0 Å². The van der Waals surface area contributed by atoms with Crippen molar-refractivity contribution in [2.24, 2.45) is 0 Å². The highest BCUT2D eigenvalue weighted by atomic mass is 79.9. The van der Waals surface area contributed by atoms with Gasteiger partial charge in [0.25, 0.3) is 0 Å². The molecule has 0 N–H and O–H groups in total. The molecule has 1 aliphatic rings. The molecule has 1 aliphatic heterocycles. The summed E-state index contributed by atoms with van der Waals surface area (Å²) in [5.41, 5.74) is 1.71. The Morgan fingerprint density at radius 1 is 0.854 bits per heavy atom. The van der Waals surface area contributed by atoms with Crippen molar-refractivity contribution in [3.63, 3.8) is 0 Å². The molecule has 1 saturated heterocycles. The molecule has 0 amide bonds. The van der Waals surface area contributed by atoms with Crippen LogP contribution in [0.3, 0.4) is 0 Å². The molecule has 2 aromatic rings. The molecule has 0 radical (unpaired) electrons. The third-order valence-electron chi connectivity index (χ3n) is 6.21. The maximum absolute atomic E-state index is 12.8. The largest absolute Gasteiger partial charge is 0.463 e. The lowest BCUT2D eigenvalue weighted by Gasteiger charge is -2.43. The van der Waals surface area contributed by atoms with Crippen molar-refractivity contribution in [1.29, 1.82) is 0 Å². The molecule has 11 heteroatoms. The number of ketones is 1. The minimum atomic E-state index is -1.09. The number of halogens is 1. The van der Waals surface area contributed by atoms with Gasteiger partial charge in [0.1, 0.15) is 30.7 Å². The number of hydrogen-bond donors (Lipinski definition) is 0. The quantitative estimate of drug-likeness (QED) is 0.222. The molecular formula is C30H35BrO10. The molecule has 222 valence electrons. The first-order valence-electron chi connectivity index (χ1n) is 13.2. The first kappa shape index (κ1) is 32.4. The van der Waals surface area contributed by atoms with Crippen molar-refractivity contribution in [2.45, 2.75) is 77.3 Å². The summed E-state index contributed by atoms with van der Waals surface area (Å²) >= 11 is 3.41. The van der Waals surface area contributed by atoms with E-state index in [4.69, 9.17) is 28.4 Å². The molecular weight excluding hydrogens is 600 g/mol. The lowest BCUT2D eigenvalue weighted by molar-refractivity contribution is -0.252. The Morgan fingerprint density at radius 2 is 1.54 bits per heavy atom.